The van der Waals surface area contributed by atoms with Crippen LogP contribution in [0.4, 0.5) is 5.95 Å². The number of carbonyl (C=O) groups is 2. The Bertz CT molecular complexity index is 573. The average molecular weight is 332 g/mol. The molecule has 2 amide bonds. The van der Waals surface area contributed by atoms with Crippen LogP contribution in [0.1, 0.15) is 12.8 Å². The molecule has 2 aliphatic heterocycles. The van der Waals surface area contributed by atoms with E-state index in [0.29, 0.717) is 19.6 Å². The van der Waals surface area contributed by atoms with Gasteiger partial charge in [-0.2, -0.15) is 0 Å². The number of piperidine rings is 1. The molecule has 0 spiro atoms. The molecule has 0 bridgehead atoms. The Morgan fingerprint density at radius 3 is 2.50 bits per heavy atom. The molecule has 2 saturated heterocycles. The maximum atomic E-state index is 12.8. The second-order valence-electron chi connectivity index (χ2n) is 6.40. The lowest BCUT2D eigenvalue weighted by Crippen LogP contribution is -2.53. The Labute approximate surface area is 141 Å². The third-order valence-corrected chi connectivity index (χ3v) is 4.66. The fourth-order valence-electron chi connectivity index (χ4n) is 3.46. The fraction of sp³-hybridized carbons (Fsp3) is 0.625. The van der Waals surface area contributed by atoms with Crippen LogP contribution in [-0.4, -0.2) is 77.4 Å². The molecule has 0 unspecified atom stereocenters. The maximum absolute atomic E-state index is 12.8. The standard InChI is InChI=1S/C16H24N6O2/c17-14(23)12-20-6-1-3-13(11-20)15(24)21-7-9-22(10-8-21)16-18-4-2-5-19-16/h2,4-5,13H,1,3,6-12H2,(H2,17,23)/t13-/m1/s1. The zero-order chi connectivity index (χ0) is 16.9. The van der Waals surface area contributed by atoms with Crippen LogP contribution < -0.4 is 10.6 Å². The molecule has 2 aliphatic rings. The lowest BCUT2D eigenvalue weighted by molar-refractivity contribution is -0.138. The van der Waals surface area contributed by atoms with Gasteiger partial charge in [-0.1, -0.05) is 0 Å². The highest BCUT2D eigenvalue weighted by molar-refractivity contribution is 5.80. The summed E-state index contributed by atoms with van der Waals surface area (Å²) in [5, 5.41) is 0. The summed E-state index contributed by atoms with van der Waals surface area (Å²) in [5.74, 6) is 0.546. The molecule has 2 N–H and O–H groups in total. The van der Waals surface area contributed by atoms with Gasteiger partial charge in [-0.3, -0.25) is 14.5 Å². The Balaban J connectivity index is 1.52. The van der Waals surface area contributed by atoms with Crippen LogP contribution in [0.3, 0.4) is 0 Å². The first-order valence-corrected chi connectivity index (χ1v) is 8.45. The molecular weight excluding hydrogens is 308 g/mol. The summed E-state index contributed by atoms with van der Waals surface area (Å²) in [7, 11) is 0. The first-order chi connectivity index (χ1) is 11.6. The fourth-order valence-corrected chi connectivity index (χ4v) is 3.46. The van der Waals surface area contributed by atoms with Crippen molar-refractivity contribution in [1.29, 1.82) is 0 Å². The SMILES string of the molecule is NC(=O)CN1CCC[C@@H](C(=O)N2CCN(c3ncccn3)CC2)C1. The quantitative estimate of drug-likeness (QED) is 0.785. The number of amides is 2. The molecule has 1 atom stereocenters. The molecule has 1 aromatic heterocycles. The van der Waals surface area contributed by atoms with E-state index >= 15 is 0 Å². The Morgan fingerprint density at radius 1 is 1.12 bits per heavy atom. The van der Waals surface area contributed by atoms with E-state index < -0.39 is 0 Å². The van der Waals surface area contributed by atoms with Crippen molar-refractivity contribution in [2.75, 3.05) is 50.7 Å². The number of hydrogen-bond acceptors (Lipinski definition) is 6. The van der Waals surface area contributed by atoms with Crippen LogP contribution in [0.25, 0.3) is 0 Å². The molecule has 24 heavy (non-hydrogen) atoms. The molecule has 130 valence electrons. The molecule has 0 radical (unpaired) electrons. The highest BCUT2D eigenvalue weighted by Gasteiger charge is 2.31. The van der Waals surface area contributed by atoms with Crippen LogP contribution in [-0.2, 0) is 9.59 Å². The maximum Gasteiger partial charge on any atom is 0.231 e. The van der Waals surface area contributed by atoms with E-state index in [1.807, 2.05) is 9.80 Å². The van der Waals surface area contributed by atoms with Crippen molar-refractivity contribution in [1.82, 2.24) is 19.8 Å². The average Bonchev–Trinajstić information content (AvgIpc) is 2.62. The smallest absolute Gasteiger partial charge is 0.231 e. The van der Waals surface area contributed by atoms with Gasteiger partial charge in [0.15, 0.2) is 0 Å². The van der Waals surface area contributed by atoms with Gasteiger partial charge in [0.05, 0.1) is 12.5 Å². The first kappa shape index (κ1) is 16.6. The number of hydrogen-bond donors (Lipinski definition) is 1. The number of likely N-dealkylation sites (tertiary alicyclic amines) is 1. The second-order valence-corrected chi connectivity index (χ2v) is 6.40. The van der Waals surface area contributed by atoms with Crippen molar-refractivity contribution in [2.45, 2.75) is 12.8 Å². The summed E-state index contributed by atoms with van der Waals surface area (Å²) in [4.78, 5) is 38.4. The zero-order valence-electron chi connectivity index (χ0n) is 13.8. The first-order valence-electron chi connectivity index (χ1n) is 8.45. The summed E-state index contributed by atoms with van der Waals surface area (Å²) >= 11 is 0. The lowest BCUT2D eigenvalue weighted by Gasteiger charge is -2.38. The van der Waals surface area contributed by atoms with E-state index in [-0.39, 0.29) is 24.3 Å². The minimum absolute atomic E-state index is 0.0300. The van der Waals surface area contributed by atoms with Gasteiger partial charge in [0.25, 0.3) is 0 Å². The second kappa shape index (κ2) is 7.57. The van der Waals surface area contributed by atoms with E-state index in [1.165, 1.54) is 0 Å². The summed E-state index contributed by atoms with van der Waals surface area (Å²) in [6, 6.07) is 1.80. The van der Waals surface area contributed by atoms with E-state index in [2.05, 4.69) is 14.9 Å². The number of rotatable bonds is 4. The van der Waals surface area contributed by atoms with Crippen molar-refractivity contribution < 1.29 is 9.59 Å². The molecule has 0 saturated carbocycles. The van der Waals surface area contributed by atoms with Crippen molar-refractivity contribution in [2.24, 2.45) is 11.7 Å². The molecule has 8 nitrogen and oxygen atoms in total. The molecule has 8 heteroatoms. The van der Waals surface area contributed by atoms with E-state index in [4.69, 9.17) is 5.73 Å². The number of anilines is 1. The van der Waals surface area contributed by atoms with Crippen LogP contribution >= 0.6 is 0 Å². The van der Waals surface area contributed by atoms with Gasteiger partial charge in [0, 0.05) is 45.1 Å². The van der Waals surface area contributed by atoms with Crippen molar-refractivity contribution in [3.8, 4) is 0 Å². The highest BCUT2D eigenvalue weighted by Crippen LogP contribution is 2.20. The molecule has 3 rings (SSSR count). The number of primary amides is 1. The monoisotopic (exact) mass is 332 g/mol. The largest absolute Gasteiger partial charge is 0.369 e. The van der Waals surface area contributed by atoms with E-state index in [0.717, 1.165) is 38.4 Å². The van der Waals surface area contributed by atoms with E-state index in [1.54, 1.807) is 18.5 Å². The summed E-state index contributed by atoms with van der Waals surface area (Å²) < 4.78 is 0. The Kier molecular flexibility index (Phi) is 5.24. The van der Waals surface area contributed by atoms with Gasteiger partial charge in [-0.05, 0) is 25.5 Å². The van der Waals surface area contributed by atoms with Crippen LogP contribution in [0.15, 0.2) is 18.5 Å². The van der Waals surface area contributed by atoms with E-state index in [9.17, 15) is 9.59 Å². The van der Waals surface area contributed by atoms with Gasteiger partial charge in [-0.25, -0.2) is 9.97 Å². The number of carbonyl (C=O) groups excluding carboxylic acids is 2. The van der Waals surface area contributed by atoms with Crippen LogP contribution in [0, 0.1) is 5.92 Å². The van der Waals surface area contributed by atoms with Gasteiger partial charge in [0.2, 0.25) is 17.8 Å². The Hall–Kier alpha value is -2.22. The van der Waals surface area contributed by atoms with Gasteiger partial charge < -0.3 is 15.5 Å². The van der Waals surface area contributed by atoms with Crippen molar-refractivity contribution >= 4 is 17.8 Å². The van der Waals surface area contributed by atoms with Crippen LogP contribution in [0.2, 0.25) is 0 Å². The minimum atomic E-state index is -0.334. The number of nitrogens with zero attached hydrogens (tertiary/aromatic N) is 5. The summed E-state index contributed by atoms with van der Waals surface area (Å²) in [5.41, 5.74) is 5.26. The zero-order valence-corrected chi connectivity index (χ0v) is 13.8. The van der Waals surface area contributed by atoms with Crippen LogP contribution in [0.5, 0.6) is 0 Å². The number of piperazine rings is 1. The van der Waals surface area contributed by atoms with Gasteiger partial charge in [-0.15, -0.1) is 0 Å². The molecule has 0 aromatic carbocycles. The van der Waals surface area contributed by atoms with Crippen molar-refractivity contribution in [3.63, 3.8) is 0 Å². The predicted octanol–water partition coefficient (Wildman–Crippen LogP) is -0.677. The third-order valence-electron chi connectivity index (χ3n) is 4.66. The molecular formula is C16H24N6O2. The molecule has 2 fully saturated rings. The number of aromatic nitrogens is 2. The topological polar surface area (TPSA) is 95.7 Å². The van der Waals surface area contributed by atoms with Crippen molar-refractivity contribution in [3.05, 3.63) is 18.5 Å². The minimum Gasteiger partial charge on any atom is -0.369 e. The number of nitrogens with two attached hydrogens (primary N) is 1. The molecule has 0 aliphatic carbocycles. The Morgan fingerprint density at radius 2 is 1.83 bits per heavy atom. The summed E-state index contributed by atoms with van der Waals surface area (Å²) in [6.45, 7) is 4.56. The summed E-state index contributed by atoms with van der Waals surface area (Å²) in [6.07, 6.45) is 5.28. The molecule has 3 heterocycles. The van der Waals surface area contributed by atoms with Gasteiger partial charge >= 0.3 is 0 Å². The highest BCUT2D eigenvalue weighted by atomic mass is 16.2. The predicted molar refractivity (Wildman–Crippen MR) is 89.2 cm³/mol. The molecule has 1 aromatic rings. The van der Waals surface area contributed by atoms with Gasteiger partial charge in [0.1, 0.15) is 0 Å². The lowest BCUT2D eigenvalue weighted by atomic mass is 9.96. The third kappa shape index (κ3) is 4.00. The normalized spacial score (nSPS) is 22.4.